The van der Waals surface area contributed by atoms with E-state index in [1.165, 1.54) is 5.56 Å². The molecule has 20 heavy (non-hydrogen) atoms. The molecule has 0 aromatic carbocycles. The highest BCUT2D eigenvalue weighted by atomic mass is 16.2. The van der Waals surface area contributed by atoms with Crippen LogP contribution in [0.2, 0.25) is 0 Å². The Morgan fingerprint density at radius 3 is 2.75 bits per heavy atom. The zero-order valence-corrected chi connectivity index (χ0v) is 12.7. The molecule has 0 saturated carbocycles. The van der Waals surface area contributed by atoms with Crippen molar-refractivity contribution in [1.29, 1.82) is 0 Å². The average Bonchev–Trinajstić information content (AvgIpc) is 2.38. The number of pyridine rings is 1. The lowest BCUT2D eigenvalue weighted by Gasteiger charge is -2.33. The first-order valence-corrected chi connectivity index (χ1v) is 7.51. The summed E-state index contributed by atoms with van der Waals surface area (Å²) in [6.07, 6.45) is 4.50. The van der Waals surface area contributed by atoms with Crippen LogP contribution in [0.15, 0.2) is 18.3 Å². The van der Waals surface area contributed by atoms with E-state index in [1.807, 2.05) is 17.2 Å². The van der Waals surface area contributed by atoms with E-state index >= 15 is 0 Å². The van der Waals surface area contributed by atoms with Gasteiger partial charge in [0.05, 0.1) is 0 Å². The van der Waals surface area contributed by atoms with Gasteiger partial charge in [-0.3, -0.25) is 4.79 Å². The van der Waals surface area contributed by atoms with Gasteiger partial charge in [0.1, 0.15) is 5.82 Å². The molecule has 2 heterocycles. The third kappa shape index (κ3) is 4.22. The number of nitrogens with one attached hydrogen (secondary N) is 1. The van der Waals surface area contributed by atoms with Crippen LogP contribution in [0.4, 0.5) is 5.82 Å². The summed E-state index contributed by atoms with van der Waals surface area (Å²) < 4.78 is 0. The van der Waals surface area contributed by atoms with Gasteiger partial charge in [-0.15, -0.1) is 0 Å². The standard InChI is InChI=1S/C16H25N3O/c1-12(2)10-16(20)19-8-5-14(6-9-19)18-15-11-13(3)4-7-17-15/h4,7,11-12,14H,5-6,8-10H2,1-3H3,(H,17,18). The van der Waals surface area contributed by atoms with Gasteiger partial charge in [-0.2, -0.15) is 0 Å². The van der Waals surface area contributed by atoms with Crippen LogP contribution in [0.5, 0.6) is 0 Å². The van der Waals surface area contributed by atoms with Crippen molar-refractivity contribution in [1.82, 2.24) is 9.88 Å². The van der Waals surface area contributed by atoms with E-state index in [9.17, 15) is 4.79 Å². The minimum atomic E-state index is 0.298. The van der Waals surface area contributed by atoms with Gasteiger partial charge in [-0.05, 0) is 43.4 Å². The Bertz CT molecular complexity index is 451. The van der Waals surface area contributed by atoms with Crippen LogP contribution < -0.4 is 5.32 Å². The van der Waals surface area contributed by atoms with Crippen LogP contribution in [0.25, 0.3) is 0 Å². The number of aromatic nitrogens is 1. The van der Waals surface area contributed by atoms with Gasteiger partial charge in [-0.1, -0.05) is 13.8 Å². The predicted octanol–water partition coefficient (Wildman–Crippen LogP) is 2.84. The van der Waals surface area contributed by atoms with E-state index in [4.69, 9.17) is 0 Å². The number of nitrogens with zero attached hydrogens (tertiary/aromatic N) is 2. The Hall–Kier alpha value is -1.58. The summed E-state index contributed by atoms with van der Waals surface area (Å²) in [5.74, 6) is 1.68. The summed E-state index contributed by atoms with van der Waals surface area (Å²) in [4.78, 5) is 18.3. The Morgan fingerprint density at radius 1 is 1.45 bits per heavy atom. The number of piperidine rings is 1. The minimum absolute atomic E-state index is 0.298. The Labute approximate surface area is 121 Å². The van der Waals surface area contributed by atoms with Crippen LogP contribution in [0, 0.1) is 12.8 Å². The number of carbonyl (C=O) groups is 1. The second-order valence-electron chi connectivity index (χ2n) is 6.12. The molecule has 0 atom stereocenters. The van der Waals surface area contributed by atoms with Crippen molar-refractivity contribution in [3.63, 3.8) is 0 Å². The van der Waals surface area contributed by atoms with Crippen LogP contribution in [-0.4, -0.2) is 34.9 Å². The van der Waals surface area contributed by atoms with Crippen molar-refractivity contribution in [2.75, 3.05) is 18.4 Å². The third-order valence-corrected chi connectivity index (χ3v) is 3.70. The second kappa shape index (κ2) is 6.73. The number of anilines is 1. The predicted molar refractivity (Wildman–Crippen MR) is 81.7 cm³/mol. The monoisotopic (exact) mass is 275 g/mol. The number of hydrogen-bond donors (Lipinski definition) is 1. The molecular weight excluding hydrogens is 250 g/mol. The first-order chi connectivity index (χ1) is 9.54. The molecule has 0 radical (unpaired) electrons. The van der Waals surface area contributed by atoms with Crippen molar-refractivity contribution in [3.8, 4) is 0 Å². The normalized spacial score (nSPS) is 16.5. The van der Waals surface area contributed by atoms with E-state index in [0.29, 0.717) is 24.3 Å². The zero-order chi connectivity index (χ0) is 14.5. The van der Waals surface area contributed by atoms with Gasteiger partial charge in [0.15, 0.2) is 0 Å². The molecule has 0 aliphatic carbocycles. The maximum atomic E-state index is 12.0. The number of carbonyl (C=O) groups excluding carboxylic acids is 1. The fraction of sp³-hybridized carbons (Fsp3) is 0.625. The summed E-state index contributed by atoms with van der Waals surface area (Å²) in [5.41, 5.74) is 1.21. The average molecular weight is 275 g/mol. The first-order valence-electron chi connectivity index (χ1n) is 7.51. The first kappa shape index (κ1) is 14.8. The van der Waals surface area contributed by atoms with Gasteiger partial charge in [0.25, 0.3) is 0 Å². The number of hydrogen-bond acceptors (Lipinski definition) is 3. The highest BCUT2D eigenvalue weighted by Gasteiger charge is 2.23. The van der Waals surface area contributed by atoms with E-state index in [0.717, 1.165) is 31.7 Å². The molecule has 1 amide bonds. The minimum Gasteiger partial charge on any atom is -0.367 e. The van der Waals surface area contributed by atoms with Crippen molar-refractivity contribution >= 4 is 11.7 Å². The number of amides is 1. The summed E-state index contributed by atoms with van der Waals surface area (Å²) in [7, 11) is 0. The van der Waals surface area contributed by atoms with Crippen molar-refractivity contribution < 1.29 is 4.79 Å². The fourth-order valence-corrected chi connectivity index (χ4v) is 2.58. The van der Waals surface area contributed by atoms with E-state index in [2.05, 4.69) is 37.1 Å². The SMILES string of the molecule is Cc1ccnc(NC2CCN(C(=O)CC(C)C)CC2)c1. The van der Waals surface area contributed by atoms with E-state index in [-0.39, 0.29) is 0 Å². The summed E-state index contributed by atoms with van der Waals surface area (Å²) in [6.45, 7) is 7.97. The van der Waals surface area contributed by atoms with Crippen LogP contribution in [0.1, 0.15) is 38.7 Å². The molecule has 1 saturated heterocycles. The highest BCUT2D eigenvalue weighted by Crippen LogP contribution is 2.17. The zero-order valence-electron chi connectivity index (χ0n) is 12.7. The number of rotatable bonds is 4. The molecule has 1 aromatic rings. The summed E-state index contributed by atoms with van der Waals surface area (Å²) in [6, 6.07) is 4.49. The van der Waals surface area contributed by atoms with Gasteiger partial charge in [0, 0.05) is 31.7 Å². The van der Waals surface area contributed by atoms with Gasteiger partial charge in [-0.25, -0.2) is 4.98 Å². The molecule has 1 N–H and O–H groups in total. The van der Waals surface area contributed by atoms with Crippen molar-refractivity contribution in [2.24, 2.45) is 5.92 Å². The Morgan fingerprint density at radius 2 is 2.15 bits per heavy atom. The Kier molecular flexibility index (Phi) is 4.99. The molecule has 1 aliphatic heterocycles. The summed E-state index contributed by atoms with van der Waals surface area (Å²) >= 11 is 0. The maximum absolute atomic E-state index is 12.0. The molecule has 0 unspecified atom stereocenters. The van der Waals surface area contributed by atoms with E-state index < -0.39 is 0 Å². The molecule has 1 fully saturated rings. The lowest BCUT2D eigenvalue weighted by molar-refractivity contribution is -0.132. The summed E-state index contributed by atoms with van der Waals surface area (Å²) in [5, 5.41) is 3.47. The highest BCUT2D eigenvalue weighted by molar-refractivity contribution is 5.76. The van der Waals surface area contributed by atoms with Crippen LogP contribution >= 0.6 is 0 Å². The number of likely N-dealkylation sites (tertiary alicyclic amines) is 1. The number of aryl methyl sites for hydroxylation is 1. The van der Waals surface area contributed by atoms with Crippen molar-refractivity contribution in [3.05, 3.63) is 23.9 Å². The van der Waals surface area contributed by atoms with Gasteiger partial charge in [0.2, 0.25) is 5.91 Å². The third-order valence-electron chi connectivity index (χ3n) is 3.70. The quantitative estimate of drug-likeness (QED) is 0.919. The molecule has 0 bridgehead atoms. The Balaban J connectivity index is 1.81. The van der Waals surface area contributed by atoms with Gasteiger partial charge >= 0.3 is 0 Å². The molecule has 4 nitrogen and oxygen atoms in total. The molecule has 2 rings (SSSR count). The molecule has 110 valence electrons. The van der Waals surface area contributed by atoms with Crippen molar-refractivity contribution in [2.45, 2.75) is 46.1 Å². The topological polar surface area (TPSA) is 45.2 Å². The lowest BCUT2D eigenvalue weighted by Crippen LogP contribution is -2.42. The maximum Gasteiger partial charge on any atom is 0.222 e. The molecule has 4 heteroatoms. The lowest BCUT2D eigenvalue weighted by atomic mass is 10.0. The van der Waals surface area contributed by atoms with E-state index in [1.54, 1.807) is 0 Å². The van der Waals surface area contributed by atoms with Crippen LogP contribution in [-0.2, 0) is 4.79 Å². The van der Waals surface area contributed by atoms with Gasteiger partial charge < -0.3 is 10.2 Å². The molecular formula is C16H25N3O. The van der Waals surface area contributed by atoms with Crippen LogP contribution in [0.3, 0.4) is 0 Å². The molecule has 1 aromatic heterocycles. The molecule has 0 spiro atoms. The fourth-order valence-electron chi connectivity index (χ4n) is 2.58. The second-order valence-corrected chi connectivity index (χ2v) is 6.12. The molecule has 1 aliphatic rings. The smallest absolute Gasteiger partial charge is 0.222 e. The largest absolute Gasteiger partial charge is 0.367 e.